The van der Waals surface area contributed by atoms with Gasteiger partial charge in [-0.3, -0.25) is 14.6 Å². The summed E-state index contributed by atoms with van der Waals surface area (Å²) in [6, 6.07) is 19.6. The number of rotatable bonds is 10. The zero-order chi connectivity index (χ0) is 25.3. The lowest BCUT2D eigenvalue weighted by Gasteiger charge is -2.26. The van der Waals surface area contributed by atoms with Gasteiger partial charge in [0.15, 0.2) is 0 Å². The molecule has 1 heterocycles. The van der Waals surface area contributed by atoms with Gasteiger partial charge in [0.1, 0.15) is 18.4 Å². The SMILES string of the molecule is CC(C)(C)NC(=O)C(Cc1ccc(OCc2ccccc2)cc1)NC(=O)C(N)Cc1cccnc1. The van der Waals surface area contributed by atoms with E-state index in [1.807, 2.05) is 81.4 Å². The fourth-order valence-corrected chi connectivity index (χ4v) is 3.51. The molecule has 0 fully saturated rings. The van der Waals surface area contributed by atoms with Gasteiger partial charge in [-0.15, -0.1) is 0 Å². The Balaban J connectivity index is 1.64. The maximum atomic E-state index is 13.0. The van der Waals surface area contributed by atoms with Gasteiger partial charge < -0.3 is 21.1 Å². The van der Waals surface area contributed by atoms with Crippen LogP contribution in [0.15, 0.2) is 79.1 Å². The predicted octanol–water partition coefficient (Wildman–Crippen LogP) is 3.17. The lowest BCUT2D eigenvalue weighted by atomic mass is 10.0. The first-order valence-corrected chi connectivity index (χ1v) is 11.7. The molecule has 0 saturated carbocycles. The van der Waals surface area contributed by atoms with Crippen molar-refractivity contribution in [2.45, 2.75) is 57.8 Å². The summed E-state index contributed by atoms with van der Waals surface area (Å²) in [5, 5.41) is 5.80. The van der Waals surface area contributed by atoms with Crippen LogP contribution < -0.4 is 21.1 Å². The summed E-state index contributed by atoms with van der Waals surface area (Å²) in [6.45, 7) is 6.17. The van der Waals surface area contributed by atoms with Gasteiger partial charge in [-0.2, -0.15) is 0 Å². The summed E-state index contributed by atoms with van der Waals surface area (Å²) < 4.78 is 5.85. The van der Waals surface area contributed by atoms with Crippen molar-refractivity contribution in [1.29, 1.82) is 0 Å². The molecule has 35 heavy (non-hydrogen) atoms. The number of nitrogens with two attached hydrogens (primary N) is 1. The Bertz CT molecular complexity index is 1080. The molecule has 7 heteroatoms. The number of carbonyl (C=O) groups is 2. The number of nitrogens with zero attached hydrogens (tertiary/aromatic N) is 1. The lowest BCUT2D eigenvalue weighted by molar-refractivity contribution is -0.130. The van der Waals surface area contributed by atoms with Crippen LogP contribution in [0.5, 0.6) is 5.75 Å². The highest BCUT2D eigenvalue weighted by Gasteiger charge is 2.27. The fourth-order valence-electron chi connectivity index (χ4n) is 3.51. The van der Waals surface area contributed by atoms with E-state index in [-0.39, 0.29) is 11.8 Å². The average molecular weight is 475 g/mol. The minimum absolute atomic E-state index is 0.260. The molecule has 0 aliphatic heterocycles. The van der Waals surface area contributed by atoms with Crippen LogP contribution in [0.2, 0.25) is 0 Å². The predicted molar refractivity (Wildman–Crippen MR) is 137 cm³/mol. The van der Waals surface area contributed by atoms with Crippen molar-refractivity contribution in [3.8, 4) is 5.75 Å². The van der Waals surface area contributed by atoms with Gasteiger partial charge in [-0.05, 0) is 62.1 Å². The standard InChI is InChI=1S/C28H34N4O3/c1-28(2,3)32-27(34)25(31-26(33)24(29)16-22-10-7-15-30-18-22)17-20-11-13-23(14-12-20)35-19-21-8-5-4-6-9-21/h4-15,18,24-25H,16-17,19,29H2,1-3H3,(H,31,33)(H,32,34). The molecule has 4 N–H and O–H groups in total. The van der Waals surface area contributed by atoms with Crippen LogP contribution in [0.25, 0.3) is 0 Å². The second-order valence-electron chi connectivity index (χ2n) is 9.59. The lowest BCUT2D eigenvalue weighted by Crippen LogP contribution is -2.56. The molecule has 0 bridgehead atoms. The van der Waals surface area contributed by atoms with Crippen LogP contribution >= 0.6 is 0 Å². The molecule has 0 spiro atoms. The van der Waals surface area contributed by atoms with Crippen molar-refractivity contribution in [2.75, 3.05) is 0 Å². The van der Waals surface area contributed by atoms with Crippen molar-refractivity contribution in [3.05, 3.63) is 95.8 Å². The van der Waals surface area contributed by atoms with Gasteiger partial charge in [0.05, 0.1) is 6.04 Å². The third-order valence-corrected chi connectivity index (χ3v) is 5.26. The molecule has 0 radical (unpaired) electrons. The molecule has 0 aliphatic rings. The molecule has 0 aliphatic carbocycles. The molecule has 1 aromatic heterocycles. The third kappa shape index (κ3) is 8.87. The summed E-state index contributed by atoms with van der Waals surface area (Å²) in [5.41, 5.74) is 8.53. The van der Waals surface area contributed by atoms with Crippen LogP contribution in [0.3, 0.4) is 0 Å². The topological polar surface area (TPSA) is 106 Å². The molecule has 2 amide bonds. The van der Waals surface area contributed by atoms with E-state index in [1.165, 1.54) is 0 Å². The highest BCUT2D eigenvalue weighted by Crippen LogP contribution is 2.16. The van der Waals surface area contributed by atoms with Crippen LogP contribution in [-0.4, -0.2) is 34.4 Å². The van der Waals surface area contributed by atoms with Crippen LogP contribution in [0.1, 0.15) is 37.5 Å². The minimum Gasteiger partial charge on any atom is -0.489 e. The zero-order valence-electron chi connectivity index (χ0n) is 20.5. The Labute approximate surface area is 207 Å². The van der Waals surface area contributed by atoms with Crippen molar-refractivity contribution >= 4 is 11.8 Å². The molecule has 2 atom stereocenters. The maximum Gasteiger partial charge on any atom is 0.243 e. The Morgan fingerprint density at radius 3 is 2.20 bits per heavy atom. The normalized spacial score (nSPS) is 12.9. The molecule has 2 unspecified atom stereocenters. The Kier molecular flexibility index (Phi) is 8.98. The first-order chi connectivity index (χ1) is 16.7. The Hall–Kier alpha value is -3.71. The number of nitrogens with one attached hydrogen (secondary N) is 2. The fraction of sp³-hybridized carbons (Fsp3) is 0.321. The second kappa shape index (κ2) is 12.1. The Morgan fingerprint density at radius 2 is 1.57 bits per heavy atom. The number of hydrogen-bond donors (Lipinski definition) is 3. The Morgan fingerprint density at radius 1 is 0.886 bits per heavy atom. The van der Waals surface area contributed by atoms with Gasteiger partial charge in [0.25, 0.3) is 0 Å². The highest BCUT2D eigenvalue weighted by molar-refractivity contribution is 5.90. The number of aromatic nitrogens is 1. The first-order valence-electron chi connectivity index (χ1n) is 11.7. The smallest absolute Gasteiger partial charge is 0.243 e. The van der Waals surface area contributed by atoms with Crippen molar-refractivity contribution in [2.24, 2.45) is 5.73 Å². The molecule has 7 nitrogen and oxygen atoms in total. The summed E-state index contributed by atoms with van der Waals surface area (Å²) in [5.74, 6) is 0.0883. The van der Waals surface area contributed by atoms with E-state index < -0.39 is 17.6 Å². The van der Waals surface area contributed by atoms with E-state index in [4.69, 9.17) is 10.5 Å². The van der Waals surface area contributed by atoms with Crippen LogP contribution in [-0.2, 0) is 29.0 Å². The van der Waals surface area contributed by atoms with E-state index in [0.29, 0.717) is 19.4 Å². The largest absolute Gasteiger partial charge is 0.489 e. The van der Waals surface area contributed by atoms with E-state index >= 15 is 0 Å². The highest BCUT2D eigenvalue weighted by atomic mass is 16.5. The molecular weight excluding hydrogens is 440 g/mol. The van der Waals surface area contributed by atoms with Gasteiger partial charge in [0.2, 0.25) is 11.8 Å². The van der Waals surface area contributed by atoms with E-state index in [1.54, 1.807) is 18.5 Å². The number of pyridine rings is 1. The number of amides is 2. The van der Waals surface area contributed by atoms with Gasteiger partial charge in [-0.25, -0.2) is 0 Å². The molecule has 3 rings (SSSR count). The first kappa shape index (κ1) is 25.9. The van der Waals surface area contributed by atoms with E-state index in [0.717, 1.165) is 22.4 Å². The van der Waals surface area contributed by atoms with Crippen LogP contribution in [0.4, 0.5) is 0 Å². The second-order valence-corrected chi connectivity index (χ2v) is 9.59. The summed E-state index contributed by atoms with van der Waals surface area (Å²) in [6.07, 6.45) is 4.01. The van der Waals surface area contributed by atoms with Crippen molar-refractivity contribution in [1.82, 2.24) is 15.6 Å². The minimum atomic E-state index is -0.794. The number of carbonyl (C=O) groups excluding carboxylic acids is 2. The molecule has 0 saturated heterocycles. The summed E-state index contributed by atoms with van der Waals surface area (Å²) >= 11 is 0. The van der Waals surface area contributed by atoms with E-state index in [2.05, 4.69) is 15.6 Å². The quantitative estimate of drug-likeness (QED) is 0.419. The summed E-state index contributed by atoms with van der Waals surface area (Å²) in [7, 11) is 0. The van der Waals surface area contributed by atoms with Gasteiger partial charge >= 0.3 is 0 Å². The van der Waals surface area contributed by atoms with Gasteiger partial charge in [0, 0.05) is 24.4 Å². The van der Waals surface area contributed by atoms with E-state index in [9.17, 15) is 9.59 Å². The van der Waals surface area contributed by atoms with Crippen molar-refractivity contribution < 1.29 is 14.3 Å². The van der Waals surface area contributed by atoms with Gasteiger partial charge in [-0.1, -0.05) is 48.5 Å². The summed E-state index contributed by atoms with van der Waals surface area (Å²) in [4.78, 5) is 29.9. The van der Waals surface area contributed by atoms with Crippen LogP contribution in [0, 0.1) is 0 Å². The molecule has 184 valence electrons. The number of ether oxygens (including phenoxy) is 1. The number of benzene rings is 2. The number of hydrogen-bond acceptors (Lipinski definition) is 5. The molecule has 3 aromatic rings. The maximum absolute atomic E-state index is 13.0. The third-order valence-electron chi connectivity index (χ3n) is 5.26. The zero-order valence-corrected chi connectivity index (χ0v) is 20.5. The molecule has 2 aromatic carbocycles. The molecular formula is C28H34N4O3. The monoisotopic (exact) mass is 474 g/mol. The van der Waals surface area contributed by atoms with Crippen molar-refractivity contribution in [3.63, 3.8) is 0 Å². The average Bonchev–Trinajstić information content (AvgIpc) is 2.83.